The number of amides is 1. The number of carbonyl (C=O) groups excluding carboxylic acids is 1. The van der Waals surface area contributed by atoms with Crippen LogP contribution in [0.5, 0.6) is 5.75 Å². The monoisotopic (exact) mass is 481 g/mol. The van der Waals surface area contributed by atoms with Gasteiger partial charge in [-0.2, -0.15) is 0 Å². The van der Waals surface area contributed by atoms with Crippen molar-refractivity contribution < 1.29 is 22.9 Å². The first-order valence-electron chi connectivity index (χ1n) is 8.67. The summed E-state index contributed by atoms with van der Waals surface area (Å²) in [7, 11) is -2.20. The van der Waals surface area contributed by atoms with Crippen LogP contribution in [-0.2, 0) is 14.8 Å². The summed E-state index contributed by atoms with van der Waals surface area (Å²) in [6.07, 6.45) is 0. The van der Waals surface area contributed by atoms with Crippen LogP contribution in [0.1, 0.15) is 0 Å². The van der Waals surface area contributed by atoms with Gasteiger partial charge in [0.05, 0.1) is 10.6 Å². The van der Waals surface area contributed by atoms with Crippen molar-refractivity contribution in [2.45, 2.75) is 4.21 Å². The standard InChI is InChI=1S/C19H16ClN3O6S2/c1-22(31(27,28)19-3-2-10-30-19)14-5-7-15(8-6-14)29-12-18(24)21-13-4-9-16(20)17(11-13)23(25)26/h2-11H,12H2,1H3,(H,21,24). The van der Waals surface area contributed by atoms with Gasteiger partial charge in [-0.1, -0.05) is 17.7 Å². The van der Waals surface area contributed by atoms with Gasteiger partial charge in [-0.25, -0.2) is 8.42 Å². The summed E-state index contributed by atoms with van der Waals surface area (Å²) in [5, 5.41) is 15.1. The molecule has 3 aromatic rings. The fraction of sp³-hybridized carbons (Fsp3) is 0.105. The molecule has 3 rings (SSSR count). The normalized spacial score (nSPS) is 11.0. The highest BCUT2D eigenvalue weighted by Gasteiger charge is 2.22. The maximum absolute atomic E-state index is 12.6. The third-order valence-corrected chi connectivity index (χ3v) is 7.58. The van der Waals surface area contributed by atoms with Crippen molar-refractivity contribution in [1.82, 2.24) is 0 Å². The molecule has 0 atom stereocenters. The number of ether oxygens (including phenoxy) is 1. The Balaban J connectivity index is 1.60. The highest BCUT2D eigenvalue weighted by molar-refractivity contribution is 7.94. The van der Waals surface area contributed by atoms with Crippen molar-refractivity contribution in [3.05, 3.63) is 75.1 Å². The van der Waals surface area contributed by atoms with E-state index in [2.05, 4.69) is 5.32 Å². The van der Waals surface area contributed by atoms with E-state index in [-0.39, 0.29) is 27.2 Å². The quantitative estimate of drug-likeness (QED) is 0.381. The highest BCUT2D eigenvalue weighted by atomic mass is 35.5. The second kappa shape index (κ2) is 9.33. The number of anilines is 2. The molecule has 0 unspecified atom stereocenters. The zero-order valence-electron chi connectivity index (χ0n) is 16.0. The molecule has 0 radical (unpaired) electrons. The molecule has 1 amide bonds. The van der Waals surface area contributed by atoms with E-state index in [4.69, 9.17) is 16.3 Å². The lowest BCUT2D eigenvalue weighted by atomic mass is 10.3. The molecule has 0 saturated heterocycles. The van der Waals surface area contributed by atoms with Gasteiger partial charge in [0.25, 0.3) is 21.6 Å². The van der Waals surface area contributed by atoms with Gasteiger partial charge in [0.1, 0.15) is 15.0 Å². The molecule has 12 heteroatoms. The topological polar surface area (TPSA) is 119 Å². The van der Waals surface area contributed by atoms with Gasteiger partial charge in [-0.05, 0) is 47.8 Å². The molecule has 0 aliphatic carbocycles. The predicted molar refractivity (Wildman–Crippen MR) is 119 cm³/mol. The lowest BCUT2D eigenvalue weighted by Crippen LogP contribution is -2.25. The minimum absolute atomic E-state index is 0.0367. The van der Waals surface area contributed by atoms with Crippen molar-refractivity contribution in [1.29, 1.82) is 0 Å². The zero-order chi connectivity index (χ0) is 22.6. The SMILES string of the molecule is CN(c1ccc(OCC(=O)Nc2ccc(Cl)c([N+](=O)[O-])c2)cc1)S(=O)(=O)c1cccs1. The highest BCUT2D eigenvalue weighted by Crippen LogP contribution is 2.28. The number of hydrogen-bond donors (Lipinski definition) is 1. The average molecular weight is 482 g/mol. The summed E-state index contributed by atoms with van der Waals surface area (Å²) >= 11 is 6.87. The van der Waals surface area contributed by atoms with Crippen LogP contribution in [0.3, 0.4) is 0 Å². The smallest absolute Gasteiger partial charge is 0.289 e. The first-order valence-corrected chi connectivity index (χ1v) is 11.4. The van der Waals surface area contributed by atoms with Gasteiger partial charge in [0, 0.05) is 18.8 Å². The molecule has 31 heavy (non-hydrogen) atoms. The summed E-state index contributed by atoms with van der Waals surface area (Å²) in [5.41, 5.74) is 0.316. The average Bonchev–Trinajstić information content (AvgIpc) is 3.29. The van der Waals surface area contributed by atoms with Gasteiger partial charge in [-0.15, -0.1) is 11.3 Å². The first-order chi connectivity index (χ1) is 14.7. The maximum Gasteiger partial charge on any atom is 0.289 e. The number of sulfonamides is 1. The Labute approximate surface area is 187 Å². The van der Waals surface area contributed by atoms with Crippen LogP contribution >= 0.6 is 22.9 Å². The van der Waals surface area contributed by atoms with Gasteiger partial charge >= 0.3 is 0 Å². The van der Waals surface area contributed by atoms with Gasteiger partial charge in [-0.3, -0.25) is 19.2 Å². The van der Waals surface area contributed by atoms with E-state index in [1.807, 2.05) is 0 Å². The molecule has 0 aliphatic rings. The van der Waals surface area contributed by atoms with E-state index in [1.165, 1.54) is 37.4 Å². The number of carbonyl (C=O) groups is 1. The van der Waals surface area contributed by atoms with Crippen LogP contribution in [0.15, 0.2) is 64.2 Å². The van der Waals surface area contributed by atoms with Crippen LogP contribution < -0.4 is 14.4 Å². The molecule has 1 N–H and O–H groups in total. The van der Waals surface area contributed by atoms with Crippen LogP contribution in [0.2, 0.25) is 5.02 Å². The third kappa shape index (κ3) is 5.32. The fourth-order valence-corrected chi connectivity index (χ4v) is 5.06. The van der Waals surface area contributed by atoms with Gasteiger partial charge in [0.2, 0.25) is 0 Å². The lowest BCUT2D eigenvalue weighted by Gasteiger charge is -2.18. The molecule has 0 bridgehead atoms. The van der Waals surface area contributed by atoms with Crippen LogP contribution in [-0.4, -0.2) is 32.9 Å². The third-order valence-electron chi connectivity index (χ3n) is 4.11. The Morgan fingerprint density at radius 1 is 1.23 bits per heavy atom. The Kier molecular flexibility index (Phi) is 6.78. The fourth-order valence-electron chi connectivity index (χ4n) is 2.51. The van der Waals surface area contributed by atoms with Crippen molar-refractivity contribution in [3.63, 3.8) is 0 Å². The molecule has 1 heterocycles. The number of nitro groups is 1. The number of benzene rings is 2. The molecule has 9 nitrogen and oxygen atoms in total. The lowest BCUT2D eigenvalue weighted by molar-refractivity contribution is -0.384. The second-order valence-electron chi connectivity index (χ2n) is 6.16. The minimum Gasteiger partial charge on any atom is -0.484 e. The Morgan fingerprint density at radius 3 is 2.55 bits per heavy atom. The number of halogens is 1. The molecular weight excluding hydrogens is 466 g/mol. The number of thiophene rings is 1. The first kappa shape index (κ1) is 22.5. The van der Waals surface area contributed by atoms with E-state index < -0.39 is 20.9 Å². The van der Waals surface area contributed by atoms with Gasteiger partial charge < -0.3 is 10.1 Å². The van der Waals surface area contributed by atoms with Crippen molar-refractivity contribution in [2.75, 3.05) is 23.3 Å². The number of nitro benzene ring substituents is 1. The number of rotatable bonds is 8. The van der Waals surface area contributed by atoms with Crippen LogP contribution in [0.25, 0.3) is 0 Å². The van der Waals surface area contributed by atoms with E-state index in [0.29, 0.717) is 11.4 Å². The summed E-state index contributed by atoms with van der Waals surface area (Å²) in [4.78, 5) is 22.3. The van der Waals surface area contributed by atoms with Crippen molar-refractivity contribution in [3.8, 4) is 5.75 Å². The van der Waals surface area contributed by atoms with Crippen molar-refractivity contribution >= 4 is 55.9 Å². The molecule has 2 aromatic carbocycles. The number of hydrogen-bond acceptors (Lipinski definition) is 7. The predicted octanol–water partition coefficient (Wildman–Crippen LogP) is 4.15. The van der Waals surface area contributed by atoms with E-state index in [9.17, 15) is 23.3 Å². The molecule has 0 fully saturated rings. The molecule has 0 spiro atoms. The molecule has 1 aromatic heterocycles. The van der Waals surface area contributed by atoms with E-state index in [0.717, 1.165) is 21.7 Å². The molecule has 0 saturated carbocycles. The van der Waals surface area contributed by atoms with Crippen molar-refractivity contribution in [2.24, 2.45) is 0 Å². The molecule has 0 aliphatic heterocycles. The maximum atomic E-state index is 12.6. The summed E-state index contributed by atoms with van der Waals surface area (Å²) in [5.74, 6) is -0.180. The van der Waals surface area contributed by atoms with E-state index >= 15 is 0 Å². The summed E-state index contributed by atoms with van der Waals surface area (Å²) in [6.45, 7) is -0.348. The van der Waals surface area contributed by atoms with Crippen LogP contribution in [0, 0.1) is 10.1 Å². The van der Waals surface area contributed by atoms with E-state index in [1.54, 1.807) is 23.6 Å². The number of nitrogens with zero attached hydrogens (tertiary/aromatic N) is 2. The Bertz CT molecular complexity index is 1200. The minimum atomic E-state index is -3.65. The summed E-state index contributed by atoms with van der Waals surface area (Å²) in [6, 6.07) is 13.3. The van der Waals surface area contributed by atoms with Gasteiger partial charge in [0.15, 0.2) is 6.61 Å². The Hall–Kier alpha value is -3.15. The molecular formula is C19H16ClN3O6S2. The zero-order valence-corrected chi connectivity index (χ0v) is 18.4. The largest absolute Gasteiger partial charge is 0.484 e. The Morgan fingerprint density at radius 2 is 1.94 bits per heavy atom. The number of nitrogens with one attached hydrogen (secondary N) is 1. The van der Waals surface area contributed by atoms with Crippen LogP contribution in [0.4, 0.5) is 17.1 Å². The molecule has 162 valence electrons. The summed E-state index contributed by atoms with van der Waals surface area (Å²) < 4.78 is 31.9. The second-order valence-corrected chi connectivity index (χ2v) is 9.71.